The van der Waals surface area contributed by atoms with Crippen molar-refractivity contribution >= 4 is 98.0 Å². The third kappa shape index (κ3) is 5.27. The van der Waals surface area contributed by atoms with Crippen molar-refractivity contribution in [1.82, 2.24) is 0 Å². The van der Waals surface area contributed by atoms with Crippen molar-refractivity contribution in [3.05, 3.63) is 191 Å². The van der Waals surface area contributed by atoms with E-state index in [0.717, 1.165) is 40.0 Å². The molecule has 0 fully saturated rings. The molecule has 0 amide bonds. The van der Waals surface area contributed by atoms with Crippen molar-refractivity contribution in [1.29, 1.82) is 0 Å². The van der Waals surface area contributed by atoms with Gasteiger partial charge in [-0.3, -0.25) is 0 Å². The van der Waals surface area contributed by atoms with Gasteiger partial charge in [0.05, 0.1) is 0 Å². The molecular weight excluding hydrogens is 791 g/mol. The number of nitrogens with zero attached hydrogens (tertiary/aromatic N) is 1. The predicted molar refractivity (Wildman–Crippen MR) is 267 cm³/mol. The molecule has 0 bridgehead atoms. The SMILES string of the molecule is CC1C=Cc2c(sc3c(-c4ccc(N(c5ccc(-c6cccc7c6sc6ccccc67)cc5)c5ccc6c(c5)C(C)(C)c5ccc7c(oc8ccccc87)c5-6)cc4)cccc23)C1. The minimum atomic E-state index is -0.221. The van der Waals surface area contributed by atoms with Crippen molar-refractivity contribution in [3.8, 4) is 33.4 Å². The molecule has 3 aromatic heterocycles. The van der Waals surface area contributed by atoms with E-state index in [9.17, 15) is 0 Å². The van der Waals surface area contributed by atoms with Crippen molar-refractivity contribution in [3.63, 3.8) is 0 Å². The Hall–Kier alpha value is -6.72. The fourth-order valence-electron chi connectivity index (χ4n) is 10.5. The summed E-state index contributed by atoms with van der Waals surface area (Å²) in [5.41, 5.74) is 16.6. The minimum absolute atomic E-state index is 0.221. The molecule has 4 heteroatoms. The zero-order chi connectivity index (χ0) is 41.3. The summed E-state index contributed by atoms with van der Waals surface area (Å²) < 4.78 is 10.7. The van der Waals surface area contributed by atoms with Crippen LogP contribution in [0.5, 0.6) is 0 Å². The van der Waals surface area contributed by atoms with Gasteiger partial charge < -0.3 is 9.32 Å². The van der Waals surface area contributed by atoms with Gasteiger partial charge in [-0.2, -0.15) is 0 Å². The van der Waals surface area contributed by atoms with E-state index in [4.69, 9.17) is 4.42 Å². The van der Waals surface area contributed by atoms with Crippen LogP contribution in [0.25, 0.3) is 91.7 Å². The number of furan rings is 1. The van der Waals surface area contributed by atoms with Gasteiger partial charge in [0, 0.05) is 73.9 Å². The molecular formula is C58H41NOS2. The average Bonchev–Trinajstić information content (AvgIpc) is 4.05. The predicted octanol–water partition coefficient (Wildman–Crippen LogP) is 17.5. The van der Waals surface area contributed by atoms with Crippen molar-refractivity contribution in [2.75, 3.05) is 4.90 Å². The molecule has 62 heavy (non-hydrogen) atoms. The van der Waals surface area contributed by atoms with Gasteiger partial charge in [-0.1, -0.05) is 148 Å². The molecule has 0 saturated heterocycles. The molecule has 0 spiro atoms. The highest BCUT2D eigenvalue weighted by molar-refractivity contribution is 7.26. The van der Waals surface area contributed by atoms with E-state index in [2.05, 4.69) is 202 Å². The molecule has 13 rings (SSSR count). The van der Waals surface area contributed by atoms with Crippen LogP contribution >= 0.6 is 22.7 Å². The second-order valence-electron chi connectivity index (χ2n) is 17.7. The number of fused-ring (bicyclic) bond motifs is 13. The first-order valence-electron chi connectivity index (χ1n) is 21.6. The topological polar surface area (TPSA) is 16.4 Å². The maximum atomic E-state index is 6.64. The maximum absolute atomic E-state index is 6.64. The highest BCUT2D eigenvalue weighted by Gasteiger charge is 2.38. The maximum Gasteiger partial charge on any atom is 0.143 e. The van der Waals surface area contributed by atoms with Crippen LogP contribution in [0.3, 0.4) is 0 Å². The molecule has 2 aliphatic rings. The van der Waals surface area contributed by atoms with Gasteiger partial charge in [0.1, 0.15) is 11.2 Å². The summed E-state index contributed by atoms with van der Waals surface area (Å²) in [6, 6.07) is 60.8. The van der Waals surface area contributed by atoms with E-state index in [1.807, 2.05) is 22.7 Å². The molecule has 1 unspecified atom stereocenters. The molecule has 1 atom stereocenters. The summed E-state index contributed by atoms with van der Waals surface area (Å²) in [5.74, 6) is 0.577. The number of allylic oxidation sites excluding steroid dienone is 1. The van der Waals surface area contributed by atoms with E-state index in [1.54, 1.807) is 0 Å². The minimum Gasteiger partial charge on any atom is -0.455 e. The summed E-state index contributed by atoms with van der Waals surface area (Å²) in [5, 5.41) is 6.34. The number of thiophene rings is 2. The van der Waals surface area contributed by atoms with Crippen molar-refractivity contribution in [2.45, 2.75) is 32.6 Å². The van der Waals surface area contributed by atoms with Crippen molar-refractivity contribution < 1.29 is 4.42 Å². The lowest BCUT2D eigenvalue weighted by atomic mass is 9.82. The van der Waals surface area contributed by atoms with Gasteiger partial charge in [0.15, 0.2) is 0 Å². The molecule has 11 aromatic rings. The summed E-state index contributed by atoms with van der Waals surface area (Å²) in [6.07, 6.45) is 5.82. The molecule has 2 nitrogen and oxygen atoms in total. The Morgan fingerprint density at radius 1 is 0.548 bits per heavy atom. The normalized spacial score (nSPS) is 15.2. The summed E-state index contributed by atoms with van der Waals surface area (Å²) in [6.45, 7) is 7.03. The van der Waals surface area contributed by atoms with Gasteiger partial charge in [-0.05, 0) is 105 Å². The summed E-state index contributed by atoms with van der Waals surface area (Å²) in [4.78, 5) is 3.93. The highest BCUT2D eigenvalue weighted by Crippen LogP contribution is 2.54. The number of rotatable bonds is 5. The molecule has 296 valence electrons. The second kappa shape index (κ2) is 13.4. The van der Waals surface area contributed by atoms with Crippen LogP contribution in [0.1, 0.15) is 42.3 Å². The van der Waals surface area contributed by atoms with E-state index < -0.39 is 0 Å². The Morgan fingerprint density at radius 2 is 1.19 bits per heavy atom. The fraction of sp³-hybridized carbons (Fsp3) is 0.103. The molecule has 2 aliphatic carbocycles. The number of hydrogen-bond acceptors (Lipinski definition) is 4. The number of benzene rings is 8. The Labute approximate surface area is 368 Å². The first-order valence-corrected chi connectivity index (χ1v) is 23.3. The largest absolute Gasteiger partial charge is 0.455 e. The van der Waals surface area contributed by atoms with Crippen LogP contribution < -0.4 is 4.90 Å². The Kier molecular flexibility index (Phi) is 7.77. The van der Waals surface area contributed by atoms with Gasteiger partial charge in [0.2, 0.25) is 0 Å². The van der Waals surface area contributed by atoms with Gasteiger partial charge in [0.25, 0.3) is 0 Å². The van der Waals surface area contributed by atoms with E-state index in [1.165, 1.54) is 90.6 Å². The van der Waals surface area contributed by atoms with Crippen LogP contribution in [-0.2, 0) is 11.8 Å². The number of hydrogen-bond donors (Lipinski definition) is 0. The zero-order valence-corrected chi connectivity index (χ0v) is 36.3. The standard InChI is InChI=1S/C58H41NOS2/c1-34-18-28-44-47-15-9-13-41(57(47)62-53(44)32-34)36-21-25-38(26-22-36)59(37-23-19-35(20-24-37)40-12-8-14-46-43-11-5-7-17-52(43)61-56(40)46)39-27-29-48-50(33-39)58(2,3)49-31-30-45-42-10-4-6-16-51(42)60-55(45)54(48)49/h4-31,33-34H,32H2,1-3H3. The molecule has 0 aliphatic heterocycles. The third-order valence-corrected chi connectivity index (χ3v) is 16.1. The van der Waals surface area contributed by atoms with Gasteiger partial charge in [-0.15, -0.1) is 22.7 Å². The molecule has 0 N–H and O–H groups in total. The monoisotopic (exact) mass is 831 g/mol. The van der Waals surface area contributed by atoms with Crippen LogP contribution in [0.4, 0.5) is 17.1 Å². The first kappa shape index (κ1) is 36.0. The van der Waals surface area contributed by atoms with Gasteiger partial charge in [-0.25, -0.2) is 0 Å². The molecule has 8 aromatic carbocycles. The molecule has 0 radical (unpaired) electrons. The van der Waals surface area contributed by atoms with Crippen LogP contribution in [0.15, 0.2) is 174 Å². The molecule has 0 saturated carbocycles. The summed E-state index contributed by atoms with van der Waals surface area (Å²) >= 11 is 3.85. The van der Waals surface area contributed by atoms with E-state index >= 15 is 0 Å². The van der Waals surface area contributed by atoms with Gasteiger partial charge >= 0.3 is 0 Å². The smallest absolute Gasteiger partial charge is 0.143 e. The Morgan fingerprint density at radius 3 is 1.95 bits per heavy atom. The van der Waals surface area contributed by atoms with E-state index in [-0.39, 0.29) is 5.41 Å². The molecule has 3 heterocycles. The Balaban J connectivity index is 0.947. The van der Waals surface area contributed by atoms with Crippen LogP contribution in [0, 0.1) is 5.92 Å². The first-order chi connectivity index (χ1) is 30.4. The lowest BCUT2D eigenvalue weighted by Crippen LogP contribution is -2.16. The number of anilines is 3. The lowest BCUT2D eigenvalue weighted by molar-refractivity contribution is 0.653. The number of para-hydroxylation sites is 1. The Bertz CT molecular complexity index is 3650. The van der Waals surface area contributed by atoms with E-state index in [0.29, 0.717) is 5.92 Å². The highest BCUT2D eigenvalue weighted by atomic mass is 32.1. The quantitative estimate of drug-likeness (QED) is 0.172. The zero-order valence-electron chi connectivity index (χ0n) is 34.7. The van der Waals surface area contributed by atoms with Crippen LogP contribution in [0.2, 0.25) is 0 Å². The van der Waals surface area contributed by atoms with Crippen molar-refractivity contribution in [2.24, 2.45) is 5.92 Å². The fourth-order valence-corrected chi connectivity index (χ4v) is 13.2. The second-order valence-corrected chi connectivity index (χ2v) is 19.8. The van der Waals surface area contributed by atoms with Crippen LogP contribution in [-0.4, -0.2) is 0 Å². The average molecular weight is 832 g/mol. The third-order valence-electron chi connectivity index (χ3n) is 13.6. The summed E-state index contributed by atoms with van der Waals surface area (Å²) in [7, 11) is 0. The lowest BCUT2D eigenvalue weighted by Gasteiger charge is -2.28.